The zero-order valence-corrected chi connectivity index (χ0v) is 13.3. The molecule has 3 rings (SSSR count). The molecule has 0 fully saturated rings. The van der Waals surface area contributed by atoms with Gasteiger partial charge in [0, 0.05) is 18.7 Å². The molecule has 0 spiro atoms. The van der Waals surface area contributed by atoms with Crippen molar-refractivity contribution in [2.24, 2.45) is 0 Å². The molecule has 4 nitrogen and oxygen atoms in total. The van der Waals surface area contributed by atoms with Crippen molar-refractivity contribution in [3.63, 3.8) is 0 Å². The highest BCUT2D eigenvalue weighted by molar-refractivity contribution is 5.90. The number of amides is 2. The summed E-state index contributed by atoms with van der Waals surface area (Å²) in [6, 6.07) is 13.8. The lowest BCUT2D eigenvalue weighted by Crippen LogP contribution is -2.29. The van der Waals surface area contributed by atoms with Crippen molar-refractivity contribution in [2.45, 2.75) is 38.8 Å². The Morgan fingerprint density at radius 3 is 2.78 bits per heavy atom. The zero-order valence-electron chi connectivity index (χ0n) is 13.3. The molecular formula is C19H22N2O2. The quantitative estimate of drug-likeness (QED) is 0.815. The Labute approximate surface area is 136 Å². The second-order valence-electron chi connectivity index (χ2n) is 6.13. The third-order valence-electron chi connectivity index (χ3n) is 4.28. The Morgan fingerprint density at radius 2 is 2.00 bits per heavy atom. The number of hydrogen-bond acceptors (Lipinski definition) is 2. The Bertz CT molecular complexity index is 695. The van der Waals surface area contributed by atoms with Gasteiger partial charge in [-0.05, 0) is 42.5 Å². The van der Waals surface area contributed by atoms with E-state index in [1.807, 2.05) is 43.3 Å². The molecule has 1 aliphatic rings. The molecule has 3 N–H and O–H groups in total. The maximum absolute atomic E-state index is 12.1. The summed E-state index contributed by atoms with van der Waals surface area (Å²) in [6.45, 7) is 2.53. The van der Waals surface area contributed by atoms with Crippen molar-refractivity contribution in [2.75, 3.05) is 5.32 Å². The standard InChI is InChI=1S/C19H22N2O2/c1-13-5-7-14(8-6-13)12-20-19(23)21-18-4-2-3-15-9-10-16(22)11-17(15)18/h2-8,16,22H,9-12H2,1H3,(H2,20,21,23). The zero-order chi connectivity index (χ0) is 16.2. The van der Waals surface area contributed by atoms with Crippen molar-refractivity contribution >= 4 is 11.7 Å². The van der Waals surface area contributed by atoms with Crippen molar-refractivity contribution in [1.29, 1.82) is 0 Å². The number of carbonyl (C=O) groups excluding carboxylic acids is 1. The van der Waals surface area contributed by atoms with Crippen molar-refractivity contribution in [3.05, 3.63) is 64.7 Å². The van der Waals surface area contributed by atoms with Gasteiger partial charge < -0.3 is 15.7 Å². The smallest absolute Gasteiger partial charge is 0.319 e. The molecule has 0 radical (unpaired) electrons. The molecule has 0 saturated heterocycles. The second-order valence-corrected chi connectivity index (χ2v) is 6.13. The minimum atomic E-state index is -0.318. The van der Waals surface area contributed by atoms with E-state index in [2.05, 4.69) is 16.7 Å². The van der Waals surface area contributed by atoms with Crippen LogP contribution in [0.15, 0.2) is 42.5 Å². The van der Waals surface area contributed by atoms with E-state index in [0.29, 0.717) is 13.0 Å². The van der Waals surface area contributed by atoms with Gasteiger partial charge in [0.05, 0.1) is 6.10 Å². The van der Waals surface area contributed by atoms with Crippen LogP contribution in [0.2, 0.25) is 0 Å². The van der Waals surface area contributed by atoms with Crippen LogP contribution in [0.1, 0.15) is 28.7 Å². The maximum atomic E-state index is 12.1. The Hall–Kier alpha value is -2.33. The number of benzene rings is 2. The van der Waals surface area contributed by atoms with Gasteiger partial charge in [0.25, 0.3) is 0 Å². The van der Waals surface area contributed by atoms with Crippen LogP contribution in [0, 0.1) is 6.92 Å². The molecule has 0 heterocycles. The molecule has 2 aromatic rings. The van der Waals surface area contributed by atoms with Gasteiger partial charge >= 0.3 is 6.03 Å². The number of carbonyl (C=O) groups is 1. The van der Waals surface area contributed by atoms with E-state index in [1.165, 1.54) is 11.1 Å². The van der Waals surface area contributed by atoms with Gasteiger partial charge in [0.1, 0.15) is 0 Å². The first-order chi connectivity index (χ1) is 11.1. The minimum Gasteiger partial charge on any atom is -0.393 e. The Kier molecular flexibility index (Phi) is 4.63. The summed E-state index contributed by atoms with van der Waals surface area (Å²) in [5.41, 5.74) is 5.33. The summed E-state index contributed by atoms with van der Waals surface area (Å²) in [5.74, 6) is 0. The summed E-state index contributed by atoms with van der Waals surface area (Å²) >= 11 is 0. The normalized spacial score (nSPS) is 16.5. The number of anilines is 1. The number of aryl methyl sites for hydroxylation is 2. The average Bonchev–Trinajstić information content (AvgIpc) is 2.55. The van der Waals surface area contributed by atoms with Gasteiger partial charge in [-0.1, -0.05) is 42.0 Å². The molecule has 4 heteroatoms. The molecule has 0 aliphatic heterocycles. The van der Waals surface area contributed by atoms with E-state index in [4.69, 9.17) is 0 Å². The van der Waals surface area contributed by atoms with E-state index in [9.17, 15) is 9.90 Å². The van der Waals surface area contributed by atoms with Crippen LogP contribution >= 0.6 is 0 Å². The maximum Gasteiger partial charge on any atom is 0.319 e. The van der Waals surface area contributed by atoms with Crippen LogP contribution < -0.4 is 10.6 Å². The molecule has 23 heavy (non-hydrogen) atoms. The fourth-order valence-corrected chi connectivity index (χ4v) is 2.94. The predicted molar refractivity (Wildman–Crippen MR) is 91.5 cm³/mol. The highest BCUT2D eigenvalue weighted by Crippen LogP contribution is 2.28. The van der Waals surface area contributed by atoms with Crippen LogP contribution in [-0.2, 0) is 19.4 Å². The highest BCUT2D eigenvalue weighted by atomic mass is 16.3. The molecule has 1 unspecified atom stereocenters. The predicted octanol–water partition coefficient (Wildman–Crippen LogP) is 3.17. The first-order valence-electron chi connectivity index (χ1n) is 8.01. The summed E-state index contributed by atoms with van der Waals surface area (Å²) < 4.78 is 0. The van der Waals surface area contributed by atoms with E-state index < -0.39 is 0 Å². The molecule has 0 aromatic heterocycles. The topological polar surface area (TPSA) is 61.4 Å². The number of urea groups is 1. The molecule has 0 saturated carbocycles. The molecule has 1 aliphatic carbocycles. The fourth-order valence-electron chi connectivity index (χ4n) is 2.94. The first kappa shape index (κ1) is 15.6. The average molecular weight is 310 g/mol. The van der Waals surface area contributed by atoms with E-state index in [-0.39, 0.29) is 12.1 Å². The first-order valence-corrected chi connectivity index (χ1v) is 8.01. The van der Waals surface area contributed by atoms with Crippen LogP contribution in [-0.4, -0.2) is 17.2 Å². The third-order valence-corrected chi connectivity index (χ3v) is 4.28. The molecule has 2 amide bonds. The summed E-state index contributed by atoms with van der Waals surface area (Å²) in [7, 11) is 0. The highest BCUT2D eigenvalue weighted by Gasteiger charge is 2.19. The Morgan fingerprint density at radius 1 is 1.22 bits per heavy atom. The number of rotatable bonds is 3. The number of fused-ring (bicyclic) bond motifs is 1. The second kappa shape index (κ2) is 6.84. The van der Waals surface area contributed by atoms with Gasteiger partial charge in [-0.3, -0.25) is 0 Å². The number of aliphatic hydroxyl groups is 1. The third kappa shape index (κ3) is 3.90. The molecule has 120 valence electrons. The SMILES string of the molecule is Cc1ccc(CNC(=O)Nc2cccc3c2CC(O)CC3)cc1. The molecule has 0 bridgehead atoms. The van der Waals surface area contributed by atoms with Crippen LogP contribution in [0.25, 0.3) is 0 Å². The number of aliphatic hydroxyl groups excluding tert-OH is 1. The van der Waals surface area contributed by atoms with E-state index in [1.54, 1.807) is 0 Å². The van der Waals surface area contributed by atoms with Crippen molar-refractivity contribution in [3.8, 4) is 0 Å². The Balaban J connectivity index is 1.63. The van der Waals surface area contributed by atoms with Crippen LogP contribution in [0.4, 0.5) is 10.5 Å². The van der Waals surface area contributed by atoms with E-state index in [0.717, 1.165) is 29.7 Å². The van der Waals surface area contributed by atoms with Gasteiger partial charge in [0.15, 0.2) is 0 Å². The van der Waals surface area contributed by atoms with Gasteiger partial charge in [-0.15, -0.1) is 0 Å². The largest absolute Gasteiger partial charge is 0.393 e. The van der Waals surface area contributed by atoms with Gasteiger partial charge in [-0.25, -0.2) is 4.79 Å². The summed E-state index contributed by atoms with van der Waals surface area (Å²) in [5, 5.41) is 15.6. The van der Waals surface area contributed by atoms with E-state index >= 15 is 0 Å². The van der Waals surface area contributed by atoms with Crippen molar-refractivity contribution < 1.29 is 9.90 Å². The number of nitrogens with one attached hydrogen (secondary N) is 2. The lowest BCUT2D eigenvalue weighted by molar-refractivity contribution is 0.159. The monoisotopic (exact) mass is 310 g/mol. The van der Waals surface area contributed by atoms with Gasteiger partial charge in [0.2, 0.25) is 0 Å². The molecule has 2 aromatic carbocycles. The van der Waals surface area contributed by atoms with Crippen LogP contribution in [0.3, 0.4) is 0 Å². The van der Waals surface area contributed by atoms with Crippen molar-refractivity contribution in [1.82, 2.24) is 5.32 Å². The van der Waals surface area contributed by atoms with Crippen LogP contribution in [0.5, 0.6) is 0 Å². The summed E-state index contributed by atoms with van der Waals surface area (Å²) in [4.78, 5) is 12.1. The number of hydrogen-bond donors (Lipinski definition) is 3. The lowest BCUT2D eigenvalue weighted by Gasteiger charge is -2.23. The minimum absolute atomic E-state index is 0.223. The fraction of sp³-hybridized carbons (Fsp3) is 0.316. The van der Waals surface area contributed by atoms with Gasteiger partial charge in [-0.2, -0.15) is 0 Å². The summed E-state index contributed by atoms with van der Waals surface area (Å²) in [6.07, 6.45) is 1.93. The molecule has 1 atom stereocenters. The molecular weight excluding hydrogens is 288 g/mol. The lowest BCUT2D eigenvalue weighted by atomic mass is 9.88.